The molecule has 26 heavy (non-hydrogen) atoms. The van der Waals surface area contributed by atoms with E-state index in [1.807, 2.05) is 49.4 Å². The van der Waals surface area contributed by atoms with Gasteiger partial charge in [0, 0.05) is 31.6 Å². The second kappa shape index (κ2) is 7.60. The van der Waals surface area contributed by atoms with Crippen LogP contribution in [0.3, 0.4) is 0 Å². The fourth-order valence-electron chi connectivity index (χ4n) is 3.11. The summed E-state index contributed by atoms with van der Waals surface area (Å²) in [4.78, 5) is 27.4. The van der Waals surface area contributed by atoms with Crippen LogP contribution in [0.2, 0.25) is 0 Å². The summed E-state index contributed by atoms with van der Waals surface area (Å²) in [6.07, 6.45) is 0. The van der Waals surface area contributed by atoms with E-state index >= 15 is 0 Å². The SMILES string of the molecule is CC(=O)N1CCOc2ccc(CN(C(C)=O)c3ccc(C)cc3)cc2C1. The van der Waals surface area contributed by atoms with Crippen LogP contribution in [0, 0.1) is 6.92 Å². The highest BCUT2D eigenvalue weighted by Crippen LogP contribution is 2.26. The first kappa shape index (κ1) is 18.0. The van der Waals surface area contributed by atoms with Gasteiger partial charge in [-0.25, -0.2) is 0 Å². The van der Waals surface area contributed by atoms with Gasteiger partial charge in [0.25, 0.3) is 0 Å². The lowest BCUT2D eigenvalue weighted by atomic mass is 10.1. The van der Waals surface area contributed by atoms with Gasteiger partial charge in [-0.3, -0.25) is 9.59 Å². The minimum atomic E-state index is -0.00888. The van der Waals surface area contributed by atoms with E-state index in [4.69, 9.17) is 4.74 Å². The number of carbonyl (C=O) groups excluding carboxylic acids is 2. The molecule has 2 aromatic carbocycles. The average Bonchev–Trinajstić information content (AvgIpc) is 2.82. The lowest BCUT2D eigenvalue weighted by Gasteiger charge is -2.22. The molecule has 1 aliphatic rings. The highest BCUT2D eigenvalue weighted by molar-refractivity contribution is 5.91. The van der Waals surface area contributed by atoms with Gasteiger partial charge in [-0.2, -0.15) is 0 Å². The maximum atomic E-state index is 12.2. The molecule has 0 aromatic heterocycles. The Morgan fingerprint density at radius 2 is 1.85 bits per heavy atom. The van der Waals surface area contributed by atoms with Crippen molar-refractivity contribution >= 4 is 17.5 Å². The zero-order valence-corrected chi connectivity index (χ0v) is 15.5. The molecule has 2 amide bonds. The summed E-state index contributed by atoms with van der Waals surface area (Å²) in [5, 5.41) is 0. The monoisotopic (exact) mass is 352 g/mol. The smallest absolute Gasteiger partial charge is 0.224 e. The van der Waals surface area contributed by atoms with Crippen LogP contribution >= 0.6 is 0 Å². The third-order valence-corrected chi connectivity index (χ3v) is 4.62. The Balaban J connectivity index is 1.86. The minimum absolute atomic E-state index is 0.00888. The minimum Gasteiger partial charge on any atom is -0.491 e. The zero-order valence-electron chi connectivity index (χ0n) is 15.5. The molecule has 5 heteroatoms. The summed E-state index contributed by atoms with van der Waals surface area (Å²) in [7, 11) is 0. The van der Waals surface area contributed by atoms with Crippen molar-refractivity contribution in [2.45, 2.75) is 33.9 Å². The molecule has 5 nitrogen and oxygen atoms in total. The number of hydrogen-bond donors (Lipinski definition) is 0. The summed E-state index contributed by atoms with van der Waals surface area (Å²) in [5.74, 6) is 0.837. The molecule has 1 heterocycles. The van der Waals surface area contributed by atoms with Gasteiger partial charge in [0.2, 0.25) is 11.8 Å². The van der Waals surface area contributed by atoms with Crippen LogP contribution in [-0.4, -0.2) is 29.9 Å². The maximum Gasteiger partial charge on any atom is 0.224 e. The lowest BCUT2D eigenvalue weighted by molar-refractivity contribution is -0.129. The number of anilines is 1. The van der Waals surface area contributed by atoms with Gasteiger partial charge in [0.05, 0.1) is 13.1 Å². The fraction of sp³-hybridized carbons (Fsp3) is 0.333. The molecule has 0 spiro atoms. The maximum absolute atomic E-state index is 12.2. The Morgan fingerprint density at radius 1 is 1.12 bits per heavy atom. The quantitative estimate of drug-likeness (QED) is 0.852. The molecule has 0 saturated heterocycles. The number of nitrogens with zero attached hydrogens (tertiary/aromatic N) is 2. The molecule has 2 aromatic rings. The molecule has 0 bridgehead atoms. The van der Waals surface area contributed by atoms with Gasteiger partial charge in [0.1, 0.15) is 12.4 Å². The van der Waals surface area contributed by atoms with Gasteiger partial charge in [-0.1, -0.05) is 23.8 Å². The standard InChI is InChI=1S/C21H24N2O3/c1-15-4-7-20(8-5-15)23(17(3)25)13-18-6-9-21-19(12-18)14-22(16(2)24)10-11-26-21/h4-9,12H,10-11,13-14H2,1-3H3. The molecular weight excluding hydrogens is 328 g/mol. The first-order valence-corrected chi connectivity index (χ1v) is 8.79. The van der Waals surface area contributed by atoms with Crippen molar-refractivity contribution in [3.05, 3.63) is 59.2 Å². The summed E-state index contributed by atoms with van der Waals surface area (Å²) in [6, 6.07) is 13.9. The van der Waals surface area contributed by atoms with Crippen LogP contribution < -0.4 is 9.64 Å². The molecule has 0 aliphatic carbocycles. The largest absolute Gasteiger partial charge is 0.491 e. The van der Waals surface area contributed by atoms with Gasteiger partial charge in [-0.05, 0) is 36.8 Å². The number of fused-ring (bicyclic) bond motifs is 1. The summed E-state index contributed by atoms with van der Waals surface area (Å²) < 4.78 is 5.76. The molecule has 0 radical (unpaired) electrons. The first-order valence-electron chi connectivity index (χ1n) is 8.79. The zero-order chi connectivity index (χ0) is 18.7. The van der Waals surface area contributed by atoms with Crippen LogP contribution in [0.4, 0.5) is 5.69 Å². The second-order valence-electron chi connectivity index (χ2n) is 6.67. The van der Waals surface area contributed by atoms with Crippen molar-refractivity contribution in [3.63, 3.8) is 0 Å². The van der Waals surface area contributed by atoms with Gasteiger partial charge < -0.3 is 14.5 Å². The van der Waals surface area contributed by atoms with E-state index in [-0.39, 0.29) is 11.8 Å². The van der Waals surface area contributed by atoms with E-state index in [2.05, 4.69) is 0 Å². The van der Waals surface area contributed by atoms with Crippen LogP contribution in [0.5, 0.6) is 5.75 Å². The van der Waals surface area contributed by atoms with Crippen molar-refractivity contribution in [3.8, 4) is 5.75 Å². The number of amides is 2. The Labute approximate surface area is 154 Å². The lowest BCUT2D eigenvalue weighted by Crippen LogP contribution is -2.30. The topological polar surface area (TPSA) is 49.9 Å². The Morgan fingerprint density at radius 3 is 2.50 bits per heavy atom. The Bertz CT molecular complexity index is 815. The molecule has 0 atom stereocenters. The molecule has 1 aliphatic heterocycles. The summed E-state index contributed by atoms with van der Waals surface area (Å²) >= 11 is 0. The molecule has 3 rings (SSSR count). The van der Waals surface area contributed by atoms with Crippen molar-refractivity contribution in [1.82, 2.24) is 4.90 Å². The van der Waals surface area contributed by atoms with E-state index in [0.717, 1.165) is 28.1 Å². The van der Waals surface area contributed by atoms with Crippen LogP contribution in [0.1, 0.15) is 30.5 Å². The van der Waals surface area contributed by atoms with Crippen molar-refractivity contribution in [2.24, 2.45) is 0 Å². The summed E-state index contributed by atoms with van der Waals surface area (Å²) in [6.45, 7) is 7.26. The second-order valence-corrected chi connectivity index (χ2v) is 6.67. The Hall–Kier alpha value is -2.82. The van der Waals surface area contributed by atoms with Crippen LogP contribution in [0.15, 0.2) is 42.5 Å². The normalized spacial score (nSPS) is 13.4. The average molecular weight is 352 g/mol. The number of ether oxygens (including phenoxy) is 1. The van der Waals surface area contributed by atoms with Crippen LogP contribution in [0.25, 0.3) is 0 Å². The van der Waals surface area contributed by atoms with E-state index in [0.29, 0.717) is 26.2 Å². The first-order chi connectivity index (χ1) is 12.4. The number of aryl methyl sites for hydroxylation is 1. The molecule has 0 unspecified atom stereocenters. The Kier molecular flexibility index (Phi) is 5.26. The molecule has 0 fully saturated rings. The highest BCUT2D eigenvalue weighted by Gasteiger charge is 2.19. The fourth-order valence-corrected chi connectivity index (χ4v) is 3.11. The molecule has 0 N–H and O–H groups in total. The van der Waals surface area contributed by atoms with E-state index in [1.165, 1.54) is 0 Å². The van der Waals surface area contributed by atoms with Crippen molar-refractivity contribution in [1.29, 1.82) is 0 Å². The number of rotatable bonds is 3. The van der Waals surface area contributed by atoms with E-state index in [1.54, 1.807) is 23.6 Å². The third-order valence-electron chi connectivity index (χ3n) is 4.62. The predicted octanol–water partition coefficient (Wildman–Crippen LogP) is 3.29. The molecule has 136 valence electrons. The molecule has 0 saturated carbocycles. The van der Waals surface area contributed by atoms with Crippen molar-refractivity contribution < 1.29 is 14.3 Å². The van der Waals surface area contributed by atoms with Crippen LogP contribution in [-0.2, 0) is 22.7 Å². The predicted molar refractivity (Wildman–Crippen MR) is 101 cm³/mol. The molecular formula is C21H24N2O3. The number of hydrogen-bond acceptors (Lipinski definition) is 3. The van der Waals surface area contributed by atoms with Gasteiger partial charge in [-0.15, -0.1) is 0 Å². The highest BCUT2D eigenvalue weighted by atomic mass is 16.5. The van der Waals surface area contributed by atoms with E-state index in [9.17, 15) is 9.59 Å². The van der Waals surface area contributed by atoms with Crippen molar-refractivity contribution in [2.75, 3.05) is 18.1 Å². The number of carbonyl (C=O) groups is 2. The summed E-state index contributed by atoms with van der Waals surface area (Å²) in [5.41, 5.74) is 4.01. The third kappa shape index (κ3) is 4.04. The van der Waals surface area contributed by atoms with Gasteiger partial charge >= 0.3 is 0 Å². The van der Waals surface area contributed by atoms with Gasteiger partial charge in [0.15, 0.2) is 0 Å². The number of benzene rings is 2. The van der Waals surface area contributed by atoms with E-state index < -0.39 is 0 Å².